The second kappa shape index (κ2) is 12.9. The Balaban J connectivity index is 1.26. The first-order valence-electron chi connectivity index (χ1n) is 17.3. The van der Waals surface area contributed by atoms with Gasteiger partial charge >= 0.3 is 0 Å². The minimum absolute atomic E-state index is 0.365. The van der Waals surface area contributed by atoms with E-state index in [1.54, 1.807) is 5.57 Å². The minimum Gasteiger partial charge on any atom is -0.371 e. The second-order valence-electron chi connectivity index (χ2n) is 14.9. The van der Waals surface area contributed by atoms with E-state index in [-0.39, 0.29) is 0 Å². The fourth-order valence-electron chi connectivity index (χ4n) is 10.8. The number of aliphatic imine (C=N–C) groups is 1. The molecule has 3 nitrogen and oxygen atoms in total. The van der Waals surface area contributed by atoms with Gasteiger partial charge in [0.25, 0.3) is 0 Å². The zero-order valence-electron chi connectivity index (χ0n) is 26.7. The molecule has 5 aliphatic rings. The van der Waals surface area contributed by atoms with Crippen LogP contribution < -0.4 is 5.32 Å². The third kappa shape index (κ3) is 5.80. The Kier molecular flexibility index (Phi) is 9.70. The van der Waals surface area contributed by atoms with E-state index in [9.17, 15) is 0 Å². The van der Waals surface area contributed by atoms with Gasteiger partial charge in [0.2, 0.25) is 0 Å². The van der Waals surface area contributed by atoms with E-state index in [2.05, 4.69) is 63.2 Å². The minimum atomic E-state index is 0.365. The molecular formula is C37H61N3. The summed E-state index contributed by atoms with van der Waals surface area (Å²) in [5, 5.41) is 3.71. The molecule has 4 aliphatic carbocycles. The van der Waals surface area contributed by atoms with Crippen LogP contribution in [-0.4, -0.2) is 42.3 Å². The van der Waals surface area contributed by atoms with Gasteiger partial charge in [0.05, 0.1) is 6.54 Å². The number of nitrogens with zero attached hydrogens (tertiary/aromatic N) is 2. The molecule has 0 spiro atoms. The number of allylic oxidation sites excluding steroid dienone is 3. The van der Waals surface area contributed by atoms with Crippen LogP contribution in [0, 0.1) is 34.5 Å². The van der Waals surface area contributed by atoms with Crippen molar-refractivity contribution in [2.24, 2.45) is 39.5 Å². The van der Waals surface area contributed by atoms with Gasteiger partial charge in [-0.05, 0) is 119 Å². The summed E-state index contributed by atoms with van der Waals surface area (Å²) in [5.74, 6) is 3.24. The van der Waals surface area contributed by atoms with Crippen LogP contribution in [0.4, 0.5) is 0 Å². The highest BCUT2D eigenvalue weighted by molar-refractivity contribution is 5.85. The van der Waals surface area contributed by atoms with Crippen LogP contribution in [-0.2, 0) is 0 Å². The Labute approximate surface area is 247 Å². The van der Waals surface area contributed by atoms with Crippen molar-refractivity contribution in [3.63, 3.8) is 0 Å². The molecule has 0 amide bonds. The summed E-state index contributed by atoms with van der Waals surface area (Å²) in [6.07, 6.45) is 24.6. The Morgan fingerprint density at radius 1 is 1.05 bits per heavy atom. The molecule has 1 aliphatic heterocycles. The van der Waals surface area contributed by atoms with Crippen LogP contribution in [0.25, 0.3) is 0 Å². The molecule has 5 rings (SSSR count). The van der Waals surface area contributed by atoms with Gasteiger partial charge in [-0.25, -0.2) is 0 Å². The molecule has 0 bridgehead atoms. The number of hydrogen-bond donors (Lipinski definition) is 1. The molecule has 5 fully saturated rings. The van der Waals surface area contributed by atoms with Crippen molar-refractivity contribution >= 4 is 5.71 Å². The van der Waals surface area contributed by atoms with Gasteiger partial charge < -0.3 is 10.2 Å². The van der Waals surface area contributed by atoms with Crippen LogP contribution in [0.2, 0.25) is 0 Å². The lowest BCUT2D eigenvalue weighted by atomic mass is 9.47. The van der Waals surface area contributed by atoms with Gasteiger partial charge in [-0.3, -0.25) is 4.99 Å². The number of hydrogen-bond acceptors (Lipinski definition) is 3. The quantitative estimate of drug-likeness (QED) is 0.261. The summed E-state index contributed by atoms with van der Waals surface area (Å²) in [7, 11) is 0. The van der Waals surface area contributed by atoms with Crippen molar-refractivity contribution in [1.29, 1.82) is 0 Å². The summed E-state index contributed by atoms with van der Waals surface area (Å²) < 4.78 is 0. The van der Waals surface area contributed by atoms with E-state index < -0.39 is 0 Å². The standard InChI is InChI=1S/C37H61N3/c1-7-12-29-16-17-32-34-19-18-33(37(34,6)23-20-35(32)36(29,5)22-8-2)28(4)39-26-27(3)40(31-14-9-10-15-31)25-21-30-13-11-24-38-30/h7,12,30-35,38H,1,3,8-11,13-26H2,2,4-6H3/b29-12-,39-28?. The predicted molar refractivity (Wildman–Crippen MR) is 173 cm³/mol. The van der Waals surface area contributed by atoms with E-state index in [0.717, 1.165) is 30.8 Å². The maximum Gasteiger partial charge on any atom is 0.0781 e. The van der Waals surface area contributed by atoms with Crippen LogP contribution in [0.15, 0.2) is 41.6 Å². The Morgan fingerprint density at radius 2 is 1.85 bits per heavy atom. The average Bonchev–Trinajstić information content (AvgIpc) is 3.71. The molecule has 1 saturated heterocycles. The van der Waals surface area contributed by atoms with Crippen molar-refractivity contribution in [3.8, 4) is 0 Å². The highest BCUT2D eigenvalue weighted by Gasteiger charge is 2.58. The summed E-state index contributed by atoms with van der Waals surface area (Å²) in [6, 6.07) is 1.39. The van der Waals surface area contributed by atoms with Gasteiger partial charge in [-0.1, -0.05) is 70.9 Å². The van der Waals surface area contributed by atoms with Crippen LogP contribution in [0.5, 0.6) is 0 Å². The predicted octanol–water partition coefficient (Wildman–Crippen LogP) is 9.12. The molecule has 1 heterocycles. The topological polar surface area (TPSA) is 27.6 Å². The smallest absolute Gasteiger partial charge is 0.0781 e. The molecule has 3 heteroatoms. The summed E-state index contributed by atoms with van der Waals surface area (Å²) in [4.78, 5) is 8.03. The van der Waals surface area contributed by atoms with E-state index in [0.29, 0.717) is 28.8 Å². The Bertz CT molecular complexity index is 950. The van der Waals surface area contributed by atoms with E-state index in [1.807, 2.05) is 0 Å². The lowest BCUT2D eigenvalue weighted by Gasteiger charge is -2.57. The van der Waals surface area contributed by atoms with Crippen LogP contribution >= 0.6 is 0 Å². The second-order valence-corrected chi connectivity index (χ2v) is 14.9. The largest absolute Gasteiger partial charge is 0.371 e. The van der Waals surface area contributed by atoms with Crippen molar-refractivity contribution in [2.45, 2.75) is 136 Å². The van der Waals surface area contributed by atoms with E-state index >= 15 is 0 Å². The molecule has 0 radical (unpaired) electrons. The Morgan fingerprint density at radius 3 is 2.55 bits per heavy atom. The molecule has 0 aromatic carbocycles. The zero-order chi connectivity index (χ0) is 28.3. The lowest BCUT2D eigenvalue weighted by molar-refractivity contribution is -0.0408. The molecule has 0 aromatic heterocycles. The van der Waals surface area contributed by atoms with Crippen molar-refractivity contribution < 1.29 is 0 Å². The Hall–Kier alpha value is -1.35. The molecule has 1 N–H and O–H groups in total. The van der Waals surface area contributed by atoms with Crippen molar-refractivity contribution in [1.82, 2.24) is 10.2 Å². The molecule has 224 valence electrons. The maximum atomic E-state index is 5.35. The van der Waals surface area contributed by atoms with Crippen LogP contribution in [0.1, 0.15) is 124 Å². The van der Waals surface area contributed by atoms with Gasteiger partial charge in [-0.2, -0.15) is 0 Å². The highest BCUT2D eigenvalue weighted by Crippen LogP contribution is 2.66. The summed E-state index contributed by atoms with van der Waals surface area (Å²) >= 11 is 0. The van der Waals surface area contributed by atoms with E-state index in [4.69, 9.17) is 4.99 Å². The average molecular weight is 548 g/mol. The number of nitrogens with one attached hydrogen (secondary N) is 1. The third-order valence-electron chi connectivity index (χ3n) is 12.9. The molecular weight excluding hydrogens is 486 g/mol. The third-order valence-corrected chi connectivity index (χ3v) is 12.9. The fourth-order valence-corrected chi connectivity index (χ4v) is 10.8. The molecule has 40 heavy (non-hydrogen) atoms. The van der Waals surface area contributed by atoms with Crippen molar-refractivity contribution in [2.75, 3.05) is 19.6 Å². The zero-order valence-corrected chi connectivity index (χ0v) is 26.7. The summed E-state index contributed by atoms with van der Waals surface area (Å²) in [5.41, 5.74) is 5.17. The number of fused-ring (bicyclic) bond motifs is 3. The summed E-state index contributed by atoms with van der Waals surface area (Å²) in [6.45, 7) is 21.9. The monoisotopic (exact) mass is 547 g/mol. The first kappa shape index (κ1) is 30.1. The first-order chi connectivity index (χ1) is 19.3. The highest BCUT2D eigenvalue weighted by atomic mass is 15.2. The van der Waals surface area contributed by atoms with Gasteiger partial charge in [-0.15, -0.1) is 0 Å². The fraction of sp³-hybridized carbons (Fsp3) is 0.811. The molecule has 0 aromatic rings. The normalized spacial score (nSPS) is 39.4. The SMILES string of the molecule is C=C/C=C1/CCC2C(CCC3(C)C(C(C)=NCC(=C)N(CCC4CCCN4)C4CCCC4)CCC23)C1(C)CCC. The maximum absolute atomic E-state index is 5.35. The molecule has 4 saturated carbocycles. The van der Waals surface area contributed by atoms with Gasteiger partial charge in [0.15, 0.2) is 0 Å². The van der Waals surface area contributed by atoms with E-state index in [1.165, 1.54) is 114 Å². The van der Waals surface area contributed by atoms with Crippen LogP contribution in [0.3, 0.4) is 0 Å². The first-order valence-corrected chi connectivity index (χ1v) is 17.3. The van der Waals surface area contributed by atoms with Gasteiger partial charge in [0, 0.05) is 36.0 Å². The van der Waals surface area contributed by atoms with Crippen molar-refractivity contribution in [3.05, 3.63) is 36.6 Å². The van der Waals surface area contributed by atoms with Gasteiger partial charge in [0.1, 0.15) is 0 Å². The lowest BCUT2D eigenvalue weighted by Crippen LogP contribution is -2.50. The molecule has 7 atom stereocenters. The molecule has 7 unspecified atom stereocenters. The number of rotatable bonds is 11.